The van der Waals surface area contributed by atoms with Crippen molar-refractivity contribution in [3.63, 3.8) is 0 Å². The van der Waals surface area contributed by atoms with Gasteiger partial charge in [-0.15, -0.1) is 0 Å². The second-order valence-corrected chi connectivity index (χ2v) is 6.38. The van der Waals surface area contributed by atoms with E-state index in [1.807, 2.05) is 45.8 Å². The number of hydrogen-bond acceptors (Lipinski definition) is 3. The molecule has 1 aromatic carbocycles. The molecule has 4 rings (SSSR count). The molecule has 25 heavy (non-hydrogen) atoms. The Kier molecular flexibility index (Phi) is 4.33. The first-order valence-corrected chi connectivity index (χ1v) is 8.67. The summed E-state index contributed by atoms with van der Waals surface area (Å²) in [6.45, 7) is 1.54. The lowest BCUT2D eigenvalue weighted by molar-refractivity contribution is 0.0931. The molecule has 0 bridgehead atoms. The van der Waals surface area contributed by atoms with Gasteiger partial charge in [0.2, 0.25) is 0 Å². The predicted octanol–water partition coefficient (Wildman–Crippen LogP) is 2.59. The van der Waals surface area contributed by atoms with Crippen molar-refractivity contribution in [1.82, 2.24) is 24.6 Å². The molecule has 1 amide bonds. The van der Waals surface area contributed by atoms with Crippen LogP contribution in [0.15, 0.2) is 55.2 Å². The molecule has 128 valence electrons. The lowest BCUT2D eigenvalue weighted by Crippen LogP contribution is -2.32. The number of amides is 1. The number of rotatable bonds is 5. The van der Waals surface area contributed by atoms with Crippen molar-refractivity contribution < 1.29 is 4.79 Å². The largest absolute Gasteiger partial charge is 0.343 e. The molecule has 0 radical (unpaired) electrons. The summed E-state index contributed by atoms with van der Waals surface area (Å²) < 4.78 is 3.94. The predicted molar refractivity (Wildman–Crippen MR) is 94.0 cm³/mol. The number of nitrogens with zero attached hydrogens (tertiary/aromatic N) is 4. The van der Waals surface area contributed by atoms with Gasteiger partial charge in [0.25, 0.3) is 5.91 Å². The maximum atomic E-state index is 12.9. The highest BCUT2D eigenvalue weighted by atomic mass is 16.1. The third-order valence-corrected chi connectivity index (χ3v) is 4.69. The van der Waals surface area contributed by atoms with Crippen LogP contribution in [0.3, 0.4) is 0 Å². The second kappa shape index (κ2) is 6.93. The molecule has 6 heteroatoms. The van der Waals surface area contributed by atoms with E-state index in [4.69, 9.17) is 0 Å². The first kappa shape index (κ1) is 15.6. The number of hydrogen-bond donors (Lipinski definition) is 1. The van der Waals surface area contributed by atoms with Gasteiger partial charge < -0.3 is 9.88 Å². The van der Waals surface area contributed by atoms with Crippen molar-refractivity contribution >= 4 is 5.91 Å². The highest BCUT2D eigenvalue weighted by Crippen LogP contribution is 2.20. The van der Waals surface area contributed by atoms with Crippen LogP contribution < -0.4 is 5.32 Å². The lowest BCUT2D eigenvalue weighted by Gasteiger charge is -2.20. The van der Waals surface area contributed by atoms with E-state index in [0.717, 1.165) is 37.1 Å². The average Bonchev–Trinajstić information content (AvgIpc) is 3.31. The van der Waals surface area contributed by atoms with Gasteiger partial charge in [0.05, 0.1) is 29.8 Å². The topological polar surface area (TPSA) is 64.7 Å². The van der Waals surface area contributed by atoms with Gasteiger partial charge in [-0.1, -0.05) is 30.3 Å². The monoisotopic (exact) mass is 335 g/mol. The lowest BCUT2D eigenvalue weighted by atomic mass is 10.0. The molecule has 0 saturated carbocycles. The third kappa shape index (κ3) is 3.33. The Balaban J connectivity index is 1.57. The number of carbonyl (C=O) groups is 1. The molecule has 1 aliphatic rings. The highest BCUT2D eigenvalue weighted by molar-refractivity contribution is 5.95. The molecule has 3 heterocycles. The fraction of sp³-hybridized carbons (Fsp3) is 0.316. The fourth-order valence-corrected chi connectivity index (χ4v) is 3.37. The van der Waals surface area contributed by atoms with Gasteiger partial charge in [-0.25, -0.2) is 4.98 Å². The van der Waals surface area contributed by atoms with Crippen molar-refractivity contribution in [2.24, 2.45) is 0 Å². The van der Waals surface area contributed by atoms with Crippen LogP contribution in [0.4, 0.5) is 0 Å². The van der Waals surface area contributed by atoms with E-state index in [1.54, 1.807) is 18.7 Å². The first-order valence-electron chi connectivity index (χ1n) is 8.67. The molecule has 1 N–H and O–H groups in total. The van der Waals surface area contributed by atoms with E-state index in [2.05, 4.69) is 15.4 Å². The number of aryl methyl sites for hydroxylation is 1. The summed E-state index contributed by atoms with van der Waals surface area (Å²) in [6.07, 6.45) is 10.3. The SMILES string of the molecule is O=C(N[C@H](Cn1ccnc1)c1ccccc1)c1cnn2c1CCCC2. The third-order valence-electron chi connectivity index (χ3n) is 4.69. The number of imidazole rings is 1. The van der Waals surface area contributed by atoms with E-state index in [-0.39, 0.29) is 11.9 Å². The van der Waals surface area contributed by atoms with Crippen LogP contribution in [0, 0.1) is 0 Å². The summed E-state index contributed by atoms with van der Waals surface area (Å²) in [5, 5.41) is 7.56. The van der Waals surface area contributed by atoms with Gasteiger partial charge in [-0.2, -0.15) is 5.10 Å². The maximum Gasteiger partial charge on any atom is 0.255 e. The van der Waals surface area contributed by atoms with Crippen LogP contribution in [0.1, 0.15) is 40.5 Å². The molecule has 1 aliphatic heterocycles. The van der Waals surface area contributed by atoms with Crippen molar-refractivity contribution in [2.75, 3.05) is 0 Å². The summed E-state index contributed by atoms with van der Waals surface area (Å²) in [7, 11) is 0. The van der Waals surface area contributed by atoms with Crippen molar-refractivity contribution in [2.45, 2.75) is 38.4 Å². The van der Waals surface area contributed by atoms with Crippen LogP contribution >= 0.6 is 0 Å². The molecule has 0 aliphatic carbocycles. The Bertz CT molecular complexity index is 838. The highest BCUT2D eigenvalue weighted by Gasteiger charge is 2.22. The van der Waals surface area contributed by atoms with Crippen molar-refractivity contribution in [3.05, 3.63) is 72.1 Å². The van der Waals surface area contributed by atoms with E-state index >= 15 is 0 Å². The van der Waals surface area contributed by atoms with Crippen molar-refractivity contribution in [3.8, 4) is 0 Å². The normalized spacial score (nSPS) is 14.7. The minimum absolute atomic E-state index is 0.0582. The molecule has 2 aromatic heterocycles. The zero-order chi connectivity index (χ0) is 17.1. The molecular weight excluding hydrogens is 314 g/mol. The molecule has 1 atom stereocenters. The second-order valence-electron chi connectivity index (χ2n) is 6.38. The Morgan fingerprint density at radius 1 is 1.24 bits per heavy atom. The summed E-state index contributed by atoms with van der Waals surface area (Å²) in [5.74, 6) is -0.0582. The average molecular weight is 335 g/mol. The van der Waals surface area contributed by atoms with E-state index in [1.165, 1.54) is 0 Å². The molecule has 0 unspecified atom stereocenters. The van der Waals surface area contributed by atoms with Crippen molar-refractivity contribution in [1.29, 1.82) is 0 Å². The number of aromatic nitrogens is 4. The number of nitrogens with one attached hydrogen (secondary N) is 1. The van der Waals surface area contributed by atoms with Gasteiger partial charge in [-0.05, 0) is 24.8 Å². The smallest absolute Gasteiger partial charge is 0.255 e. The van der Waals surface area contributed by atoms with Crippen LogP contribution in [-0.2, 0) is 19.5 Å². The Hall–Kier alpha value is -2.89. The molecule has 0 saturated heterocycles. The minimum atomic E-state index is -0.123. The van der Waals surface area contributed by atoms with Crippen LogP contribution in [0.25, 0.3) is 0 Å². The summed E-state index contributed by atoms with van der Waals surface area (Å²) in [5.41, 5.74) is 2.83. The minimum Gasteiger partial charge on any atom is -0.343 e. The zero-order valence-electron chi connectivity index (χ0n) is 14.0. The van der Waals surface area contributed by atoms with Crippen LogP contribution in [0.5, 0.6) is 0 Å². The quantitative estimate of drug-likeness (QED) is 0.779. The Morgan fingerprint density at radius 3 is 2.92 bits per heavy atom. The summed E-state index contributed by atoms with van der Waals surface area (Å²) >= 11 is 0. The first-order chi connectivity index (χ1) is 12.3. The van der Waals surface area contributed by atoms with Gasteiger partial charge in [0.1, 0.15) is 0 Å². The van der Waals surface area contributed by atoms with E-state index in [9.17, 15) is 4.79 Å². The number of benzene rings is 1. The van der Waals surface area contributed by atoms with Crippen LogP contribution in [-0.4, -0.2) is 25.2 Å². The zero-order valence-corrected chi connectivity index (χ0v) is 14.0. The number of carbonyl (C=O) groups excluding carboxylic acids is 1. The molecule has 0 fully saturated rings. The van der Waals surface area contributed by atoms with Crippen LogP contribution in [0.2, 0.25) is 0 Å². The summed E-state index contributed by atoms with van der Waals surface area (Å²) in [4.78, 5) is 17.0. The van der Waals surface area contributed by atoms with Gasteiger partial charge in [0, 0.05) is 25.5 Å². The van der Waals surface area contributed by atoms with E-state index in [0.29, 0.717) is 12.1 Å². The molecular formula is C19H21N5O. The molecule has 0 spiro atoms. The van der Waals surface area contributed by atoms with E-state index < -0.39 is 0 Å². The van der Waals surface area contributed by atoms with Gasteiger partial charge in [-0.3, -0.25) is 9.48 Å². The standard InChI is InChI=1S/C19H21N5O/c25-19(16-12-21-24-10-5-4-8-18(16)24)22-17(13-23-11-9-20-14-23)15-6-2-1-3-7-15/h1-3,6-7,9,11-12,14,17H,4-5,8,10,13H2,(H,22,25)/t17-/m1/s1. The van der Waals surface area contributed by atoms with Gasteiger partial charge in [0.15, 0.2) is 0 Å². The maximum absolute atomic E-state index is 12.9. The fourth-order valence-electron chi connectivity index (χ4n) is 3.37. The Morgan fingerprint density at radius 2 is 2.12 bits per heavy atom. The molecule has 3 aromatic rings. The molecule has 6 nitrogen and oxygen atoms in total. The van der Waals surface area contributed by atoms with Gasteiger partial charge >= 0.3 is 0 Å². The Labute approximate surface area is 146 Å². The number of fused-ring (bicyclic) bond motifs is 1. The summed E-state index contributed by atoms with van der Waals surface area (Å²) in [6, 6.07) is 9.91.